The molecule has 0 unspecified atom stereocenters. The Bertz CT molecular complexity index is 970. The summed E-state index contributed by atoms with van der Waals surface area (Å²) in [4.78, 5) is 19.3. The highest BCUT2D eigenvalue weighted by atomic mass is 16.5. The largest absolute Gasteiger partial charge is 0.313 e. The summed E-state index contributed by atoms with van der Waals surface area (Å²) in [5.74, 6) is 0.486. The maximum Gasteiger partial charge on any atom is 0.212 e. The summed E-state index contributed by atoms with van der Waals surface area (Å²) in [5.41, 5.74) is 6.64. The van der Waals surface area contributed by atoms with E-state index in [4.69, 9.17) is 0 Å². The lowest BCUT2D eigenvalue weighted by atomic mass is 10.0. The van der Waals surface area contributed by atoms with Crippen molar-refractivity contribution in [2.75, 3.05) is 11.9 Å². The van der Waals surface area contributed by atoms with E-state index < -0.39 is 0 Å². The minimum absolute atomic E-state index is 0.183. The normalized spacial score (nSPS) is 10.6. The van der Waals surface area contributed by atoms with Gasteiger partial charge in [-0.3, -0.25) is 15.5 Å². The molecular formula is C24H29N5O2. The monoisotopic (exact) mass is 419 g/mol. The minimum atomic E-state index is 0.183. The minimum Gasteiger partial charge on any atom is -0.313 e. The van der Waals surface area contributed by atoms with Crippen molar-refractivity contribution in [3.8, 4) is 11.1 Å². The van der Waals surface area contributed by atoms with Crippen LogP contribution in [0.3, 0.4) is 0 Å². The number of hydrogen-bond donors (Lipinski definition) is 4. The number of anilines is 1. The van der Waals surface area contributed by atoms with Crippen LogP contribution in [0.4, 0.5) is 11.5 Å². The van der Waals surface area contributed by atoms with Crippen LogP contribution in [0.5, 0.6) is 0 Å². The summed E-state index contributed by atoms with van der Waals surface area (Å²) in [6.45, 7) is 7.89. The van der Waals surface area contributed by atoms with E-state index in [0.29, 0.717) is 23.5 Å². The third-order valence-electron chi connectivity index (χ3n) is 4.34. The summed E-state index contributed by atoms with van der Waals surface area (Å²) in [6.07, 6.45) is 2.07. The Morgan fingerprint density at radius 2 is 1.68 bits per heavy atom. The number of amidine groups is 1. The molecule has 2 aromatic carbocycles. The van der Waals surface area contributed by atoms with Gasteiger partial charge in [0.15, 0.2) is 5.84 Å². The molecule has 0 aliphatic carbocycles. The first kappa shape index (κ1) is 23.7. The second kappa shape index (κ2) is 12.9. The van der Waals surface area contributed by atoms with Crippen molar-refractivity contribution in [3.63, 3.8) is 0 Å². The molecule has 0 saturated carbocycles. The molecule has 3 aromatic rings. The quantitative estimate of drug-likeness (QED) is 0.186. The molecule has 7 nitrogen and oxygen atoms in total. The van der Waals surface area contributed by atoms with Gasteiger partial charge in [0, 0.05) is 12.7 Å². The smallest absolute Gasteiger partial charge is 0.212 e. The van der Waals surface area contributed by atoms with Gasteiger partial charge < -0.3 is 10.6 Å². The van der Waals surface area contributed by atoms with Gasteiger partial charge in [-0.2, -0.15) is 0 Å². The van der Waals surface area contributed by atoms with Crippen LogP contribution in [0.25, 0.3) is 11.1 Å². The van der Waals surface area contributed by atoms with E-state index in [1.54, 1.807) is 18.3 Å². The average molecular weight is 420 g/mol. The number of amides is 1. The van der Waals surface area contributed by atoms with E-state index in [1.807, 2.05) is 38.1 Å². The number of hydroxylamine groups is 1. The van der Waals surface area contributed by atoms with Gasteiger partial charge in [0.05, 0.1) is 11.3 Å². The molecule has 0 spiro atoms. The summed E-state index contributed by atoms with van der Waals surface area (Å²) < 4.78 is 0. The van der Waals surface area contributed by atoms with Crippen LogP contribution in [-0.2, 0) is 11.3 Å². The van der Waals surface area contributed by atoms with Gasteiger partial charge in [-0.05, 0) is 47.5 Å². The summed E-state index contributed by atoms with van der Waals surface area (Å²) in [5, 5.41) is 15.3. The third kappa shape index (κ3) is 6.74. The number of nitrogens with one attached hydrogen (secondary N) is 3. The van der Waals surface area contributed by atoms with Gasteiger partial charge >= 0.3 is 0 Å². The molecular weight excluding hydrogens is 390 g/mol. The van der Waals surface area contributed by atoms with Crippen LogP contribution in [0.15, 0.2) is 71.9 Å². The predicted octanol–water partition coefficient (Wildman–Crippen LogP) is 4.51. The molecule has 7 heteroatoms. The van der Waals surface area contributed by atoms with Crippen LogP contribution in [-0.4, -0.2) is 29.0 Å². The van der Waals surface area contributed by atoms with Gasteiger partial charge in [0.2, 0.25) is 6.41 Å². The lowest BCUT2D eigenvalue weighted by molar-refractivity contribution is -0.105. The molecule has 1 heterocycles. The Kier molecular flexibility index (Phi) is 9.87. The highest BCUT2D eigenvalue weighted by Gasteiger charge is 2.10. The van der Waals surface area contributed by atoms with Crippen LogP contribution < -0.4 is 16.1 Å². The SMILES string of the molecule is CC.CCNCc1ccc(-c2ccc(N=C(NO)c3cccnc3NC=O)cc2)cc1. The fraction of sp³-hybridized carbons (Fsp3) is 0.208. The maximum atomic E-state index is 10.8. The zero-order valence-corrected chi connectivity index (χ0v) is 18.1. The van der Waals surface area contributed by atoms with Crippen LogP contribution in [0, 0.1) is 0 Å². The topological polar surface area (TPSA) is 98.6 Å². The zero-order valence-electron chi connectivity index (χ0n) is 18.1. The standard InChI is InChI=1S/C22H23N5O2.C2H6/c1-2-23-14-16-5-7-17(8-6-16)18-9-11-19(12-10-18)26-22(27-29)20-4-3-13-24-21(20)25-15-28;1-2/h3-13,15,23,29H,2,14H2,1H3,(H,26,27)(H,24,25,28);1-2H3. The highest BCUT2D eigenvalue weighted by molar-refractivity contribution is 6.04. The van der Waals surface area contributed by atoms with Gasteiger partial charge in [-0.15, -0.1) is 0 Å². The molecule has 0 bridgehead atoms. The van der Waals surface area contributed by atoms with Crippen molar-refractivity contribution in [3.05, 3.63) is 78.0 Å². The molecule has 0 saturated heterocycles. The summed E-state index contributed by atoms with van der Waals surface area (Å²) in [7, 11) is 0. The summed E-state index contributed by atoms with van der Waals surface area (Å²) in [6, 6.07) is 19.5. The molecule has 0 aliphatic heterocycles. The Balaban J connectivity index is 0.00000166. The van der Waals surface area contributed by atoms with Gasteiger partial charge in [-0.25, -0.2) is 9.98 Å². The van der Waals surface area contributed by atoms with Crippen LogP contribution >= 0.6 is 0 Å². The molecule has 31 heavy (non-hydrogen) atoms. The number of aromatic nitrogens is 1. The first-order valence-corrected chi connectivity index (χ1v) is 10.3. The summed E-state index contributed by atoms with van der Waals surface area (Å²) >= 11 is 0. The van der Waals surface area contributed by atoms with Gasteiger partial charge in [0.25, 0.3) is 0 Å². The van der Waals surface area contributed by atoms with E-state index >= 15 is 0 Å². The van der Waals surface area contributed by atoms with E-state index in [9.17, 15) is 10.0 Å². The second-order valence-electron chi connectivity index (χ2n) is 6.26. The molecule has 0 radical (unpaired) electrons. The first-order chi connectivity index (χ1) is 15.2. The van der Waals surface area contributed by atoms with Crippen LogP contribution in [0.1, 0.15) is 31.9 Å². The Morgan fingerprint density at radius 1 is 1.03 bits per heavy atom. The Morgan fingerprint density at radius 3 is 2.26 bits per heavy atom. The molecule has 0 fully saturated rings. The van der Waals surface area contributed by atoms with Crippen molar-refractivity contribution in [2.24, 2.45) is 4.99 Å². The number of carbonyl (C=O) groups excluding carboxylic acids is 1. The van der Waals surface area contributed by atoms with E-state index in [1.165, 1.54) is 5.56 Å². The molecule has 0 aliphatic rings. The fourth-order valence-corrected chi connectivity index (χ4v) is 2.85. The number of benzene rings is 2. The molecule has 1 amide bonds. The van der Waals surface area contributed by atoms with Crippen molar-refractivity contribution in [1.29, 1.82) is 0 Å². The number of rotatable bonds is 8. The van der Waals surface area contributed by atoms with Crippen molar-refractivity contribution in [1.82, 2.24) is 15.8 Å². The Labute approximate surface area is 183 Å². The van der Waals surface area contributed by atoms with E-state index in [-0.39, 0.29) is 5.84 Å². The van der Waals surface area contributed by atoms with Crippen molar-refractivity contribution < 1.29 is 10.0 Å². The number of pyridine rings is 1. The van der Waals surface area contributed by atoms with Gasteiger partial charge in [0.1, 0.15) is 5.82 Å². The fourth-order valence-electron chi connectivity index (χ4n) is 2.85. The van der Waals surface area contributed by atoms with E-state index in [0.717, 1.165) is 24.2 Å². The lowest BCUT2D eigenvalue weighted by Crippen LogP contribution is -2.22. The van der Waals surface area contributed by atoms with Gasteiger partial charge in [-0.1, -0.05) is 57.2 Å². The lowest BCUT2D eigenvalue weighted by Gasteiger charge is -2.09. The van der Waals surface area contributed by atoms with Crippen LogP contribution in [0.2, 0.25) is 0 Å². The third-order valence-corrected chi connectivity index (χ3v) is 4.34. The van der Waals surface area contributed by atoms with E-state index in [2.05, 4.69) is 57.3 Å². The highest BCUT2D eigenvalue weighted by Crippen LogP contribution is 2.24. The average Bonchev–Trinajstić information content (AvgIpc) is 2.84. The molecule has 1 aromatic heterocycles. The second-order valence-corrected chi connectivity index (χ2v) is 6.26. The first-order valence-electron chi connectivity index (χ1n) is 10.3. The number of nitrogens with zero attached hydrogens (tertiary/aromatic N) is 2. The zero-order chi connectivity index (χ0) is 22.5. The number of hydrogen-bond acceptors (Lipinski definition) is 5. The number of carbonyl (C=O) groups is 1. The molecule has 4 N–H and O–H groups in total. The molecule has 3 rings (SSSR count). The molecule has 162 valence electrons. The molecule has 0 atom stereocenters. The van der Waals surface area contributed by atoms with Crippen molar-refractivity contribution >= 4 is 23.8 Å². The number of aliphatic imine (C=N–C) groups is 1. The van der Waals surface area contributed by atoms with Crippen molar-refractivity contribution in [2.45, 2.75) is 27.3 Å². The maximum absolute atomic E-state index is 10.8. The predicted molar refractivity (Wildman–Crippen MR) is 126 cm³/mol. The Hall–Kier alpha value is -3.55.